The maximum Gasteiger partial charge on any atom is 0.242 e. The van der Waals surface area contributed by atoms with E-state index in [-0.39, 0.29) is 36.4 Å². The smallest absolute Gasteiger partial charge is 0.242 e. The number of hydrogen-bond acceptors (Lipinski definition) is 2. The molecule has 0 radical (unpaired) electrons. The summed E-state index contributed by atoms with van der Waals surface area (Å²) in [5.74, 6) is 0.674. The molecule has 0 fully saturated rings. The molecule has 6 heteroatoms. The summed E-state index contributed by atoms with van der Waals surface area (Å²) in [5.41, 5.74) is 3.57. The summed E-state index contributed by atoms with van der Waals surface area (Å²) in [6.45, 7) is 6.25. The number of amides is 1. The average molecular weight is 480 g/mol. The lowest BCUT2D eigenvalue weighted by Crippen LogP contribution is -2.44. The minimum Gasteiger partial charge on any atom is -0.352 e. The van der Waals surface area contributed by atoms with Crippen molar-refractivity contribution in [3.63, 3.8) is 0 Å². The third-order valence-corrected chi connectivity index (χ3v) is 4.29. The van der Waals surface area contributed by atoms with E-state index >= 15 is 0 Å². The second-order valence-corrected chi connectivity index (χ2v) is 6.10. The van der Waals surface area contributed by atoms with Gasteiger partial charge in [-0.1, -0.05) is 54.6 Å². The van der Waals surface area contributed by atoms with E-state index in [0.29, 0.717) is 25.6 Å². The molecule has 2 aromatic rings. The van der Waals surface area contributed by atoms with Crippen LogP contribution in [-0.4, -0.2) is 36.9 Å². The van der Waals surface area contributed by atoms with Crippen LogP contribution in [0.4, 0.5) is 0 Å². The van der Waals surface area contributed by atoms with Gasteiger partial charge in [-0.25, -0.2) is 0 Å². The summed E-state index contributed by atoms with van der Waals surface area (Å²) in [6.07, 6.45) is 0. The largest absolute Gasteiger partial charge is 0.352 e. The van der Waals surface area contributed by atoms with Gasteiger partial charge in [-0.2, -0.15) is 0 Å². The molecular weight excluding hydrogens is 451 g/mol. The van der Waals surface area contributed by atoms with Gasteiger partial charge in [0.1, 0.15) is 0 Å². The van der Waals surface area contributed by atoms with Gasteiger partial charge in [0.15, 0.2) is 5.96 Å². The Labute approximate surface area is 179 Å². The summed E-state index contributed by atoms with van der Waals surface area (Å²) in [6, 6.07) is 18.2. The Morgan fingerprint density at radius 3 is 2.33 bits per heavy atom. The average Bonchev–Trinajstić information content (AvgIpc) is 2.68. The van der Waals surface area contributed by atoms with Crippen LogP contribution in [0.2, 0.25) is 0 Å². The molecule has 2 aromatic carbocycles. The first kappa shape index (κ1) is 23.0. The van der Waals surface area contributed by atoms with Crippen molar-refractivity contribution in [2.45, 2.75) is 26.9 Å². The van der Waals surface area contributed by atoms with Gasteiger partial charge < -0.3 is 15.5 Å². The molecule has 1 amide bonds. The van der Waals surface area contributed by atoms with Crippen molar-refractivity contribution >= 4 is 35.8 Å². The fourth-order valence-corrected chi connectivity index (χ4v) is 2.66. The Hall–Kier alpha value is -2.09. The number of nitrogens with one attached hydrogen (secondary N) is 2. The Kier molecular flexibility index (Phi) is 10.5. The molecule has 2 rings (SSSR count). The number of carbonyl (C=O) groups excluding carboxylic acids is 1. The second-order valence-electron chi connectivity index (χ2n) is 6.10. The van der Waals surface area contributed by atoms with E-state index in [2.05, 4.69) is 34.7 Å². The van der Waals surface area contributed by atoms with E-state index < -0.39 is 0 Å². The van der Waals surface area contributed by atoms with Gasteiger partial charge >= 0.3 is 0 Å². The lowest BCUT2D eigenvalue weighted by molar-refractivity contribution is -0.130. The number of carbonyl (C=O) groups is 1. The highest BCUT2D eigenvalue weighted by Gasteiger charge is 2.12. The fourth-order valence-electron chi connectivity index (χ4n) is 2.66. The van der Waals surface area contributed by atoms with Crippen molar-refractivity contribution < 1.29 is 4.79 Å². The van der Waals surface area contributed by atoms with Gasteiger partial charge in [0.2, 0.25) is 5.91 Å². The van der Waals surface area contributed by atoms with Crippen LogP contribution in [0.15, 0.2) is 59.6 Å². The fraction of sp³-hybridized carbons (Fsp3) is 0.333. The molecular formula is C21H29IN4O. The van der Waals surface area contributed by atoms with Crippen molar-refractivity contribution in [1.82, 2.24) is 15.5 Å². The van der Waals surface area contributed by atoms with Crippen LogP contribution in [0.3, 0.4) is 0 Å². The van der Waals surface area contributed by atoms with Crippen LogP contribution in [0.25, 0.3) is 0 Å². The van der Waals surface area contributed by atoms with Crippen LogP contribution in [0, 0.1) is 6.92 Å². The quantitative estimate of drug-likeness (QED) is 0.363. The van der Waals surface area contributed by atoms with E-state index in [0.717, 1.165) is 5.56 Å². The summed E-state index contributed by atoms with van der Waals surface area (Å²) >= 11 is 0. The zero-order valence-corrected chi connectivity index (χ0v) is 18.6. The van der Waals surface area contributed by atoms with Crippen LogP contribution >= 0.6 is 24.0 Å². The van der Waals surface area contributed by atoms with Crippen LogP contribution in [0.1, 0.15) is 23.6 Å². The molecule has 0 aromatic heterocycles. The van der Waals surface area contributed by atoms with Gasteiger partial charge in [-0.05, 0) is 30.5 Å². The summed E-state index contributed by atoms with van der Waals surface area (Å²) in [5, 5.41) is 6.36. The maximum atomic E-state index is 12.5. The first-order chi connectivity index (χ1) is 12.6. The van der Waals surface area contributed by atoms with Gasteiger partial charge in [-0.15, -0.1) is 24.0 Å². The van der Waals surface area contributed by atoms with Crippen molar-refractivity contribution in [3.8, 4) is 0 Å². The highest BCUT2D eigenvalue weighted by molar-refractivity contribution is 14.0. The molecule has 5 nitrogen and oxygen atoms in total. The highest BCUT2D eigenvalue weighted by Crippen LogP contribution is 2.06. The van der Waals surface area contributed by atoms with Crippen LogP contribution < -0.4 is 10.6 Å². The molecule has 0 aliphatic heterocycles. The summed E-state index contributed by atoms with van der Waals surface area (Å²) in [7, 11) is 1.71. The first-order valence-corrected chi connectivity index (χ1v) is 8.94. The molecule has 0 spiro atoms. The minimum absolute atomic E-state index is 0. The van der Waals surface area contributed by atoms with E-state index in [4.69, 9.17) is 0 Å². The molecule has 2 N–H and O–H groups in total. The number of guanidine groups is 1. The number of halogens is 1. The van der Waals surface area contributed by atoms with Gasteiger partial charge in [0.05, 0.1) is 6.54 Å². The molecule has 0 bridgehead atoms. The topological polar surface area (TPSA) is 56.7 Å². The predicted octanol–water partition coefficient (Wildman–Crippen LogP) is 3.33. The molecule has 27 heavy (non-hydrogen) atoms. The molecule has 0 aliphatic carbocycles. The SMILES string of the molecule is CCN(Cc1ccccc1)C(=O)CNC(=NC)NCc1ccccc1C.I. The highest BCUT2D eigenvalue weighted by atomic mass is 127. The van der Waals surface area contributed by atoms with Crippen molar-refractivity contribution in [3.05, 3.63) is 71.3 Å². The molecule has 0 atom stereocenters. The molecule has 0 saturated heterocycles. The molecule has 0 unspecified atom stereocenters. The Balaban J connectivity index is 0.00000364. The number of rotatable bonds is 7. The number of benzene rings is 2. The summed E-state index contributed by atoms with van der Waals surface area (Å²) in [4.78, 5) is 18.5. The molecule has 0 saturated carbocycles. The van der Waals surface area contributed by atoms with E-state index in [1.807, 2.05) is 54.3 Å². The lowest BCUT2D eigenvalue weighted by atomic mass is 10.1. The van der Waals surface area contributed by atoms with E-state index in [1.54, 1.807) is 7.05 Å². The third-order valence-electron chi connectivity index (χ3n) is 4.29. The molecule has 146 valence electrons. The molecule has 0 heterocycles. The zero-order valence-electron chi connectivity index (χ0n) is 16.2. The maximum absolute atomic E-state index is 12.5. The van der Waals surface area contributed by atoms with Gasteiger partial charge in [0.25, 0.3) is 0 Å². The van der Waals surface area contributed by atoms with Crippen LogP contribution in [0.5, 0.6) is 0 Å². The van der Waals surface area contributed by atoms with Crippen molar-refractivity contribution in [1.29, 1.82) is 0 Å². The Morgan fingerprint density at radius 1 is 1.04 bits per heavy atom. The monoisotopic (exact) mass is 480 g/mol. The van der Waals surface area contributed by atoms with E-state index in [1.165, 1.54) is 11.1 Å². The van der Waals surface area contributed by atoms with E-state index in [9.17, 15) is 4.79 Å². The summed E-state index contributed by atoms with van der Waals surface area (Å²) < 4.78 is 0. The number of hydrogen-bond donors (Lipinski definition) is 2. The van der Waals surface area contributed by atoms with Crippen LogP contribution in [-0.2, 0) is 17.9 Å². The Morgan fingerprint density at radius 2 is 1.70 bits per heavy atom. The molecule has 0 aliphatic rings. The number of nitrogens with zero attached hydrogens (tertiary/aromatic N) is 2. The third kappa shape index (κ3) is 7.58. The van der Waals surface area contributed by atoms with Gasteiger partial charge in [0, 0.05) is 26.7 Å². The zero-order chi connectivity index (χ0) is 18.8. The standard InChI is InChI=1S/C21H28N4O.HI/c1-4-25(16-18-11-6-5-7-12-18)20(26)15-24-21(22-3)23-14-19-13-9-8-10-17(19)2;/h5-13H,4,14-16H2,1-3H3,(H2,22,23,24);1H. The predicted molar refractivity (Wildman–Crippen MR) is 122 cm³/mol. The number of aryl methyl sites for hydroxylation is 1. The number of likely N-dealkylation sites (N-methyl/N-ethyl adjacent to an activating group) is 1. The minimum atomic E-state index is 0. The lowest BCUT2D eigenvalue weighted by Gasteiger charge is -2.22. The number of aliphatic imine (C=N–C) groups is 1. The second kappa shape index (κ2) is 12.3. The normalized spacial score (nSPS) is 10.7. The Bertz CT molecular complexity index is 734. The first-order valence-electron chi connectivity index (χ1n) is 8.94. The van der Waals surface area contributed by atoms with Crippen molar-refractivity contribution in [2.24, 2.45) is 4.99 Å². The van der Waals surface area contributed by atoms with Crippen molar-refractivity contribution in [2.75, 3.05) is 20.1 Å². The van der Waals surface area contributed by atoms with Gasteiger partial charge in [-0.3, -0.25) is 9.79 Å².